The highest BCUT2D eigenvalue weighted by atomic mass is 35.5. The van der Waals surface area contributed by atoms with Gasteiger partial charge in [-0.1, -0.05) is 6.07 Å². The first-order valence-electron chi connectivity index (χ1n) is 5.89. The SMILES string of the molecule is CN(c1cccc(F)c1)c1nc(Cl)nc(-n2cncn2)n1. The maximum absolute atomic E-state index is 13.3. The number of benzene rings is 1. The van der Waals surface area contributed by atoms with Gasteiger partial charge >= 0.3 is 0 Å². The average Bonchev–Trinajstić information content (AvgIpc) is 3.00. The fourth-order valence-corrected chi connectivity index (χ4v) is 1.84. The van der Waals surface area contributed by atoms with Gasteiger partial charge in [-0.05, 0) is 29.8 Å². The first kappa shape index (κ1) is 13.4. The van der Waals surface area contributed by atoms with Crippen LogP contribution in [0.25, 0.3) is 5.95 Å². The minimum absolute atomic E-state index is 0.00810. The van der Waals surface area contributed by atoms with E-state index >= 15 is 0 Å². The fourth-order valence-electron chi connectivity index (χ4n) is 1.69. The minimum Gasteiger partial charge on any atom is -0.313 e. The standard InChI is InChI=1S/C12H9ClFN7/c1-20(9-4-2-3-8(14)5-9)11-17-10(13)18-12(19-11)21-7-15-6-16-21/h2-7H,1H3. The van der Waals surface area contributed by atoms with Crippen molar-refractivity contribution in [3.8, 4) is 5.95 Å². The van der Waals surface area contributed by atoms with E-state index in [9.17, 15) is 4.39 Å². The molecule has 2 heterocycles. The van der Waals surface area contributed by atoms with Crippen LogP contribution >= 0.6 is 11.6 Å². The topological polar surface area (TPSA) is 72.6 Å². The summed E-state index contributed by atoms with van der Waals surface area (Å²) in [4.78, 5) is 17.7. The highest BCUT2D eigenvalue weighted by molar-refractivity contribution is 6.28. The van der Waals surface area contributed by atoms with E-state index in [1.165, 1.54) is 29.5 Å². The molecular formula is C12H9ClFN7. The average molecular weight is 306 g/mol. The molecule has 2 aromatic heterocycles. The number of hydrogen-bond acceptors (Lipinski definition) is 6. The van der Waals surface area contributed by atoms with Crippen molar-refractivity contribution in [2.24, 2.45) is 0 Å². The lowest BCUT2D eigenvalue weighted by atomic mass is 10.3. The molecule has 0 spiro atoms. The van der Waals surface area contributed by atoms with E-state index in [2.05, 4.69) is 25.0 Å². The third-order valence-electron chi connectivity index (χ3n) is 2.70. The van der Waals surface area contributed by atoms with E-state index in [0.717, 1.165) is 0 Å². The molecule has 0 N–H and O–H groups in total. The number of halogens is 2. The molecule has 0 bridgehead atoms. The van der Waals surface area contributed by atoms with Gasteiger partial charge in [-0.3, -0.25) is 0 Å². The Morgan fingerprint density at radius 1 is 1.24 bits per heavy atom. The summed E-state index contributed by atoms with van der Waals surface area (Å²) >= 11 is 5.91. The van der Waals surface area contributed by atoms with Crippen LogP contribution in [0.2, 0.25) is 5.28 Å². The van der Waals surface area contributed by atoms with Crippen molar-refractivity contribution in [2.45, 2.75) is 0 Å². The van der Waals surface area contributed by atoms with Gasteiger partial charge in [0.05, 0.1) is 0 Å². The molecule has 7 nitrogen and oxygen atoms in total. The third-order valence-corrected chi connectivity index (χ3v) is 2.87. The lowest BCUT2D eigenvalue weighted by Gasteiger charge is -2.17. The van der Waals surface area contributed by atoms with Crippen LogP contribution in [-0.2, 0) is 0 Å². The van der Waals surface area contributed by atoms with Crippen molar-refractivity contribution >= 4 is 23.2 Å². The highest BCUT2D eigenvalue weighted by Crippen LogP contribution is 2.22. The highest BCUT2D eigenvalue weighted by Gasteiger charge is 2.13. The Morgan fingerprint density at radius 3 is 2.81 bits per heavy atom. The Bertz CT molecular complexity index is 762. The van der Waals surface area contributed by atoms with Crippen molar-refractivity contribution in [1.29, 1.82) is 0 Å². The smallest absolute Gasteiger partial charge is 0.258 e. The lowest BCUT2D eigenvalue weighted by Crippen LogP contribution is -2.16. The molecule has 21 heavy (non-hydrogen) atoms. The summed E-state index contributed by atoms with van der Waals surface area (Å²) in [6.45, 7) is 0. The first-order chi connectivity index (χ1) is 10.1. The summed E-state index contributed by atoms with van der Waals surface area (Å²) in [6.07, 6.45) is 2.80. The quantitative estimate of drug-likeness (QED) is 0.737. The monoisotopic (exact) mass is 305 g/mol. The number of aromatic nitrogens is 6. The fraction of sp³-hybridized carbons (Fsp3) is 0.0833. The van der Waals surface area contributed by atoms with E-state index in [-0.39, 0.29) is 23.0 Å². The van der Waals surface area contributed by atoms with Gasteiger partial charge in [0.25, 0.3) is 5.95 Å². The molecule has 106 valence electrons. The third kappa shape index (κ3) is 2.79. The van der Waals surface area contributed by atoms with Gasteiger partial charge in [0.15, 0.2) is 0 Å². The molecule has 0 saturated carbocycles. The van der Waals surface area contributed by atoms with Crippen molar-refractivity contribution in [2.75, 3.05) is 11.9 Å². The molecule has 9 heteroatoms. The molecular weight excluding hydrogens is 297 g/mol. The van der Waals surface area contributed by atoms with Crippen LogP contribution in [0.15, 0.2) is 36.9 Å². The summed E-state index contributed by atoms with van der Waals surface area (Å²) < 4.78 is 14.7. The number of anilines is 2. The molecule has 3 aromatic rings. The summed E-state index contributed by atoms with van der Waals surface area (Å²) in [7, 11) is 1.70. The minimum atomic E-state index is -0.351. The summed E-state index contributed by atoms with van der Waals surface area (Å²) in [5.74, 6) is 0.146. The Balaban J connectivity index is 2.02. The van der Waals surface area contributed by atoms with Crippen molar-refractivity contribution in [3.05, 3.63) is 48.0 Å². The summed E-state index contributed by atoms with van der Waals surface area (Å²) in [5, 5.41) is 3.94. The van der Waals surface area contributed by atoms with Gasteiger partial charge in [-0.25, -0.2) is 9.37 Å². The van der Waals surface area contributed by atoms with Crippen LogP contribution in [0, 0.1) is 5.82 Å². The number of rotatable bonds is 3. The van der Waals surface area contributed by atoms with Crippen molar-refractivity contribution in [1.82, 2.24) is 29.7 Å². The summed E-state index contributed by atoms with van der Waals surface area (Å²) in [5.41, 5.74) is 0.585. The van der Waals surface area contributed by atoms with E-state index in [1.807, 2.05) is 0 Å². The predicted octanol–water partition coefficient (Wildman–Crippen LogP) is 2.01. The molecule has 0 radical (unpaired) electrons. The molecule has 0 aliphatic heterocycles. The largest absolute Gasteiger partial charge is 0.313 e. The zero-order valence-corrected chi connectivity index (χ0v) is 11.6. The van der Waals surface area contributed by atoms with Crippen molar-refractivity contribution < 1.29 is 4.39 Å². The Hall–Kier alpha value is -2.61. The van der Waals surface area contributed by atoms with Gasteiger partial charge in [0, 0.05) is 12.7 Å². The van der Waals surface area contributed by atoms with E-state index in [0.29, 0.717) is 5.69 Å². The van der Waals surface area contributed by atoms with Crippen LogP contribution in [0.1, 0.15) is 0 Å². The van der Waals surface area contributed by atoms with Crippen LogP contribution in [-0.4, -0.2) is 36.8 Å². The number of nitrogens with zero attached hydrogens (tertiary/aromatic N) is 7. The van der Waals surface area contributed by atoms with Gasteiger partial charge in [0.2, 0.25) is 11.2 Å². The molecule has 0 aliphatic carbocycles. The lowest BCUT2D eigenvalue weighted by molar-refractivity contribution is 0.628. The predicted molar refractivity (Wildman–Crippen MR) is 74.2 cm³/mol. The Kier molecular flexibility index (Phi) is 3.44. The second-order valence-electron chi connectivity index (χ2n) is 4.08. The Labute approximate surface area is 124 Å². The van der Waals surface area contributed by atoms with Crippen molar-refractivity contribution in [3.63, 3.8) is 0 Å². The molecule has 0 fully saturated rings. The first-order valence-corrected chi connectivity index (χ1v) is 6.27. The molecule has 0 saturated heterocycles. The zero-order valence-electron chi connectivity index (χ0n) is 10.9. The van der Waals surface area contributed by atoms with E-state index in [4.69, 9.17) is 11.6 Å². The van der Waals surface area contributed by atoms with E-state index < -0.39 is 0 Å². The molecule has 3 rings (SSSR count). The maximum Gasteiger partial charge on any atom is 0.258 e. The van der Waals surface area contributed by atoms with Gasteiger partial charge in [0.1, 0.15) is 18.5 Å². The molecule has 0 amide bonds. The Morgan fingerprint density at radius 2 is 2.10 bits per heavy atom. The van der Waals surface area contributed by atoms with Crippen LogP contribution in [0.3, 0.4) is 0 Å². The molecule has 0 atom stereocenters. The number of hydrogen-bond donors (Lipinski definition) is 0. The zero-order chi connectivity index (χ0) is 14.8. The second-order valence-corrected chi connectivity index (χ2v) is 4.42. The van der Waals surface area contributed by atoms with Gasteiger partial charge in [-0.15, -0.1) is 0 Å². The van der Waals surface area contributed by atoms with Crippen LogP contribution < -0.4 is 4.90 Å². The van der Waals surface area contributed by atoms with E-state index in [1.54, 1.807) is 24.1 Å². The van der Waals surface area contributed by atoms with Gasteiger partial charge < -0.3 is 4.90 Å². The molecule has 1 aromatic carbocycles. The second kappa shape index (κ2) is 5.41. The normalized spacial score (nSPS) is 10.6. The molecule has 0 unspecified atom stereocenters. The van der Waals surface area contributed by atoms with Crippen LogP contribution in [0.4, 0.5) is 16.0 Å². The maximum atomic E-state index is 13.3. The summed E-state index contributed by atoms with van der Waals surface area (Å²) in [6, 6.07) is 6.06. The van der Waals surface area contributed by atoms with Gasteiger partial charge in [-0.2, -0.15) is 24.7 Å². The van der Waals surface area contributed by atoms with Crippen LogP contribution in [0.5, 0.6) is 0 Å². The molecule has 0 aliphatic rings.